The molecule has 7 heteroatoms. The number of carbonyl (C=O) groups is 1. The van der Waals surface area contributed by atoms with Gasteiger partial charge in [-0.05, 0) is 30.2 Å². The van der Waals surface area contributed by atoms with Crippen molar-refractivity contribution in [2.75, 3.05) is 5.32 Å². The van der Waals surface area contributed by atoms with Gasteiger partial charge in [0.2, 0.25) is 5.95 Å². The predicted molar refractivity (Wildman–Crippen MR) is 104 cm³/mol. The lowest BCUT2D eigenvalue weighted by atomic mass is 10.1. The minimum Gasteiger partial charge on any atom is -0.348 e. The van der Waals surface area contributed by atoms with E-state index in [2.05, 4.69) is 20.6 Å². The van der Waals surface area contributed by atoms with Gasteiger partial charge in [0.1, 0.15) is 0 Å². The average Bonchev–Trinajstić information content (AvgIpc) is 2.65. The van der Waals surface area contributed by atoms with E-state index in [0.717, 1.165) is 11.1 Å². The summed E-state index contributed by atoms with van der Waals surface area (Å²) in [6.07, 6.45) is 2.92. The molecule has 132 valence electrons. The number of anilines is 2. The molecule has 0 aliphatic rings. The van der Waals surface area contributed by atoms with E-state index < -0.39 is 0 Å². The van der Waals surface area contributed by atoms with Gasteiger partial charge in [0.25, 0.3) is 5.91 Å². The normalized spacial score (nSPS) is 10.4. The van der Waals surface area contributed by atoms with Crippen molar-refractivity contribution in [3.05, 3.63) is 81.6 Å². The van der Waals surface area contributed by atoms with Gasteiger partial charge in [-0.1, -0.05) is 53.5 Å². The second-order valence-corrected chi connectivity index (χ2v) is 6.42. The smallest absolute Gasteiger partial charge is 0.254 e. The lowest BCUT2D eigenvalue weighted by Crippen LogP contribution is -2.23. The Balaban J connectivity index is 1.64. The molecule has 0 saturated carbocycles. The average molecular weight is 387 g/mol. The summed E-state index contributed by atoms with van der Waals surface area (Å²) < 4.78 is 0. The number of benzene rings is 2. The van der Waals surface area contributed by atoms with Crippen LogP contribution in [0.5, 0.6) is 0 Å². The van der Waals surface area contributed by atoms with Crippen LogP contribution < -0.4 is 10.6 Å². The highest BCUT2D eigenvalue weighted by atomic mass is 35.5. The first kappa shape index (κ1) is 18.2. The van der Waals surface area contributed by atoms with Crippen LogP contribution in [0.15, 0.2) is 54.9 Å². The maximum absolute atomic E-state index is 12.2. The van der Waals surface area contributed by atoms with Crippen LogP contribution in [0.25, 0.3) is 0 Å². The third kappa shape index (κ3) is 4.31. The zero-order valence-corrected chi connectivity index (χ0v) is 15.5. The summed E-state index contributed by atoms with van der Waals surface area (Å²) in [4.78, 5) is 20.6. The summed E-state index contributed by atoms with van der Waals surface area (Å²) in [5.41, 5.74) is 3.16. The largest absolute Gasteiger partial charge is 0.348 e. The van der Waals surface area contributed by atoms with Gasteiger partial charge in [-0.3, -0.25) is 4.79 Å². The van der Waals surface area contributed by atoms with Crippen LogP contribution >= 0.6 is 23.2 Å². The van der Waals surface area contributed by atoms with E-state index in [4.69, 9.17) is 23.2 Å². The molecule has 2 aromatic carbocycles. The Labute approximate surface area is 161 Å². The van der Waals surface area contributed by atoms with Crippen molar-refractivity contribution in [1.29, 1.82) is 0 Å². The Kier molecular flexibility index (Phi) is 5.71. The maximum Gasteiger partial charge on any atom is 0.254 e. The molecule has 26 heavy (non-hydrogen) atoms. The highest BCUT2D eigenvalue weighted by Crippen LogP contribution is 2.30. The molecule has 1 aromatic heterocycles. The van der Waals surface area contributed by atoms with E-state index in [1.165, 1.54) is 12.4 Å². The van der Waals surface area contributed by atoms with E-state index in [-0.39, 0.29) is 5.91 Å². The van der Waals surface area contributed by atoms with Crippen LogP contribution in [-0.4, -0.2) is 15.9 Å². The quantitative estimate of drug-likeness (QED) is 0.662. The van der Waals surface area contributed by atoms with Gasteiger partial charge in [-0.25, -0.2) is 9.97 Å². The van der Waals surface area contributed by atoms with E-state index in [9.17, 15) is 4.79 Å². The number of hydrogen-bond acceptors (Lipinski definition) is 4. The standard InChI is InChI=1S/C19H16Cl2N4O/c1-12-5-2-3-6-13(12)9-22-18(26)14-10-23-19(24-11-14)25-16-8-4-7-15(20)17(16)21/h2-8,10-11H,9H2,1H3,(H,22,26)(H,23,24,25). The minimum atomic E-state index is -0.236. The monoisotopic (exact) mass is 386 g/mol. The molecule has 0 aliphatic heterocycles. The number of nitrogens with zero attached hydrogens (tertiary/aromatic N) is 2. The zero-order chi connectivity index (χ0) is 18.5. The second kappa shape index (κ2) is 8.17. The molecule has 5 nitrogen and oxygen atoms in total. The van der Waals surface area contributed by atoms with Gasteiger partial charge in [0.05, 0.1) is 21.3 Å². The summed E-state index contributed by atoms with van der Waals surface area (Å²) in [7, 11) is 0. The fourth-order valence-corrected chi connectivity index (χ4v) is 2.66. The Hall–Kier alpha value is -2.63. The molecule has 3 rings (SSSR count). The maximum atomic E-state index is 12.2. The van der Waals surface area contributed by atoms with Crippen molar-refractivity contribution in [3.8, 4) is 0 Å². The topological polar surface area (TPSA) is 66.9 Å². The van der Waals surface area contributed by atoms with Gasteiger partial charge in [-0.15, -0.1) is 0 Å². The Morgan fingerprint density at radius 3 is 2.50 bits per heavy atom. The first-order valence-electron chi connectivity index (χ1n) is 7.90. The zero-order valence-electron chi connectivity index (χ0n) is 14.0. The van der Waals surface area contributed by atoms with Crippen LogP contribution in [0.1, 0.15) is 21.5 Å². The fraction of sp³-hybridized carbons (Fsp3) is 0.105. The number of carbonyl (C=O) groups excluding carboxylic acids is 1. The summed E-state index contributed by atoms with van der Waals surface area (Å²) in [6.45, 7) is 2.45. The first-order chi connectivity index (χ1) is 12.5. The van der Waals surface area contributed by atoms with Crippen molar-refractivity contribution < 1.29 is 4.79 Å². The summed E-state index contributed by atoms with van der Waals surface area (Å²) >= 11 is 12.1. The van der Waals surface area contributed by atoms with E-state index in [1.807, 2.05) is 31.2 Å². The summed E-state index contributed by atoms with van der Waals surface area (Å²) in [5, 5.41) is 6.66. The molecule has 2 N–H and O–H groups in total. The van der Waals surface area contributed by atoms with E-state index in [0.29, 0.717) is 33.8 Å². The van der Waals surface area contributed by atoms with Crippen LogP contribution in [-0.2, 0) is 6.54 Å². The molecule has 1 amide bonds. The molecule has 0 radical (unpaired) electrons. The number of amides is 1. The molecule has 0 atom stereocenters. The number of hydrogen-bond donors (Lipinski definition) is 2. The second-order valence-electron chi connectivity index (χ2n) is 5.63. The number of nitrogens with one attached hydrogen (secondary N) is 2. The SMILES string of the molecule is Cc1ccccc1CNC(=O)c1cnc(Nc2cccc(Cl)c2Cl)nc1. The number of rotatable bonds is 5. The third-order valence-corrected chi connectivity index (χ3v) is 4.63. The fourth-order valence-electron chi connectivity index (χ4n) is 2.32. The molecule has 0 bridgehead atoms. The molecular weight excluding hydrogens is 371 g/mol. The summed E-state index contributed by atoms with van der Waals surface area (Å²) in [6, 6.07) is 13.1. The molecule has 0 spiro atoms. The molecule has 0 fully saturated rings. The van der Waals surface area contributed by atoms with Crippen LogP contribution in [0.4, 0.5) is 11.6 Å². The van der Waals surface area contributed by atoms with Crippen molar-refractivity contribution in [2.45, 2.75) is 13.5 Å². The number of aromatic nitrogens is 2. The Morgan fingerprint density at radius 1 is 1.04 bits per heavy atom. The third-order valence-electron chi connectivity index (χ3n) is 3.81. The van der Waals surface area contributed by atoms with Crippen molar-refractivity contribution >= 4 is 40.7 Å². The van der Waals surface area contributed by atoms with Crippen LogP contribution in [0.3, 0.4) is 0 Å². The van der Waals surface area contributed by atoms with Gasteiger partial charge in [0.15, 0.2) is 0 Å². The molecule has 1 heterocycles. The van der Waals surface area contributed by atoms with E-state index in [1.54, 1.807) is 18.2 Å². The Morgan fingerprint density at radius 2 is 1.77 bits per heavy atom. The van der Waals surface area contributed by atoms with E-state index >= 15 is 0 Å². The molecular formula is C19H16Cl2N4O. The van der Waals surface area contributed by atoms with Crippen molar-refractivity contribution in [1.82, 2.24) is 15.3 Å². The molecule has 0 aliphatic carbocycles. The van der Waals surface area contributed by atoms with Crippen LogP contribution in [0, 0.1) is 6.92 Å². The first-order valence-corrected chi connectivity index (χ1v) is 8.66. The molecule has 3 aromatic rings. The molecule has 0 saturated heterocycles. The summed E-state index contributed by atoms with van der Waals surface area (Å²) in [5.74, 6) is 0.0882. The van der Waals surface area contributed by atoms with Crippen LogP contribution in [0.2, 0.25) is 10.0 Å². The lowest BCUT2D eigenvalue weighted by Gasteiger charge is -2.09. The van der Waals surface area contributed by atoms with Gasteiger partial charge >= 0.3 is 0 Å². The lowest BCUT2D eigenvalue weighted by molar-refractivity contribution is 0.0950. The van der Waals surface area contributed by atoms with Gasteiger partial charge in [0, 0.05) is 18.9 Å². The minimum absolute atomic E-state index is 0.236. The predicted octanol–water partition coefficient (Wildman–Crippen LogP) is 4.77. The molecule has 0 unspecified atom stereocenters. The van der Waals surface area contributed by atoms with Crippen molar-refractivity contribution in [3.63, 3.8) is 0 Å². The van der Waals surface area contributed by atoms with Gasteiger partial charge < -0.3 is 10.6 Å². The van der Waals surface area contributed by atoms with Crippen molar-refractivity contribution in [2.24, 2.45) is 0 Å². The Bertz CT molecular complexity index is 929. The number of halogens is 2. The highest BCUT2D eigenvalue weighted by Gasteiger charge is 2.09. The van der Waals surface area contributed by atoms with Gasteiger partial charge in [-0.2, -0.15) is 0 Å². The number of aryl methyl sites for hydroxylation is 1. The highest BCUT2D eigenvalue weighted by molar-refractivity contribution is 6.43.